The number of nitrogens with two attached hydrogens (primary N) is 1. The lowest BCUT2D eigenvalue weighted by Gasteiger charge is -2.07. The fourth-order valence-corrected chi connectivity index (χ4v) is 1.56. The first kappa shape index (κ1) is 9.71. The molecule has 0 saturated carbocycles. The molecule has 4 nitrogen and oxygen atoms in total. The zero-order chi connectivity index (χ0) is 10.7. The number of benzene rings is 1. The van der Waals surface area contributed by atoms with Crippen LogP contribution in [0.4, 0.5) is 5.69 Å². The highest BCUT2D eigenvalue weighted by Crippen LogP contribution is 2.17. The molecule has 0 aliphatic heterocycles. The van der Waals surface area contributed by atoms with Gasteiger partial charge in [-0.15, -0.1) is 0 Å². The Kier molecular flexibility index (Phi) is 2.67. The van der Waals surface area contributed by atoms with Gasteiger partial charge in [0, 0.05) is 11.6 Å². The van der Waals surface area contributed by atoms with Gasteiger partial charge in [-0.25, -0.2) is 4.98 Å². The molecule has 1 aromatic heterocycles. The summed E-state index contributed by atoms with van der Waals surface area (Å²) in [7, 11) is 0. The molecule has 1 aromatic carbocycles. The summed E-state index contributed by atoms with van der Waals surface area (Å²) in [4.78, 5) is 4.14. The highest BCUT2D eigenvalue weighted by atomic mass is 15.2. The average Bonchev–Trinajstić information content (AvgIpc) is 2.74. The third kappa shape index (κ3) is 2.34. The molecular weight excluding hydrogens is 188 g/mol. The van der Waals surface area contributed by atoms with Crippen LogP contribution in [0.3, 0.4) is 0 Å². The number of aromatic nitrogens is 3. The molecule has 4 heteroatoms. The summed E-state index contributed by atoms with van der Waals surface area (Å²) in [6.45, 7) is 2.12. The maximum absolute atomic E-state index is 5.62. The first-order chi connectivity index (χ1) is 7.25. The fraction of sp³-hybridized carbons (Fsp3) is 0.273. The molecule has 0 saturated heterocycles. The number of H-pyrrole nitrogens is 1. The van der Waals surface area contributed by atoms with Crippen molar-refractivity contribution in [3.8, 4) is 0 Å². The SMILES string of the molecule is CC(Cc1ccc(N)cc1)c1ncn[nH]1. The van der Waals surface area contributed by atoms with Crippen LogP contribution in [0.1, 0.15) is 24.2 Å². The molecule has 0 amide bonds. The van der Waals surface area contributed by atoms with Gasteiger partial charge in [0.25, 0.3) is 0 Å². The van der Waals surface area contributed by atoms with Gasteiger partial charge in [-0.2, -0.15) is 5.10 Å². The van der Waals surface area contributed by atoms with Gasteiger partial charge in [-0.1, -0.05) is 19.1 Å². The molecule has 0 aliphatic rings. The van der Waals surface area contributed by atoms with Crippen LogP contribution >= 0.6 is 0 Å². The number of nitrogen functional groups attached to an aromatic ring is 1. The van der Waals surface area contributed by atoms with Crippen LogP contribution in [0.15, 0.2) is 30.6 Å². The lowest BCUT2D eigenvalue weighted by Crippen LogP contribution is -2.00. The molecule has 2 aromatic rings. The molecule has 0 bridgehead atoms. The normalized spacial score (nSPS) is 12.6. The monoisotopic (exact) mass is 202 g/mol. The molecule has 1 atom stereocenters. The van der Waals surface area contributed by atoms with E-state index in [0.29, 0.717) is 5.92 Å². The number of nitrogens with one attached hydrogen (secondary N) is 1. The van der Waals surface area contributed by atoms with Crippen LogP contribution in [-0.4, -0.2) is 15.2 Å². The summed E-state index contributed by atoms with van der Waals surface area (Å²) in [5, 5.41) is 6.73. The van der Waals surface area contributed by atoms with Crippen LogP contribution in [0.25, 0.3) is 0 Å². The summed E-state index contributed by atoms with van der Waals surface area (Å²) in [6.07, 6.45) is 2.48. The van der Waals surface area contributed by atoms with Gasteiger partial charge < -0.3 is 5.73 Å². The lowest BCUT2D eigenvalue weighted by atomic mass is 10.0. The van der Waals surface area contributed by atoms with Crippen molar-refractivity contribution in [1.29, 1.82) is 0 Å². The van der Waals surface area contributed by atoms with Crippen LogP contribution in [-0.2, 0) is 6.42 Å². The second-order valence-corrected chi connectivity index (χ2v) is 3.72. The number of aromatic amines is 1. The van der Waals surface area contributed by atoms with Crippen molar-refractivity contribution in [3.05, 3.63) is 42.0 Å². The Morgan fingerprint density at radius 2 is 2.07 bits per heavy atom. The molecule has 0 aliphatic carbocycles. The second-order valence-electron chi connectivity index (χ2n) is 3.72. The first-order valence-corrected chi connectivity index (χ1v) is 4.95. The van der Waals surface area contributed by atoms with Gasteiger partial charge in [-0.3, -0.25) is 5.10 Å². The Balaban J connectivity index is 2.06. The zero-order valence-corrected chi connectivity index (χ0v) is 8.64. The van der Waals surface area contributed by atoms with Crippen molar-refractivity contribution in [2.45, 2.75) is 19.3 Å². The van der Waals surface area contributed by atoms with Crippen molar-refractivity contribution in [2.24, 2.45) is 0 Å². The van der Waals surface area contributed by atoms with E-state index in [1.54, 1.807) is 0 Å². The van der Waals surface area contributed by atoms with Crippen molar-refractivity contribution in [2.75, 3.05) is 5.73 Å². The molecule has 0 spiro atoms. The molecule has 1 heterocycles. The third-order valence-electron chi connectivity index (χ3n) is 2.42. The fourth-order valence-electron chi connectivity index (χ4n) is 1.56. The maximum Gasteiger partial charge on any atom is 0.137 e. The molecule has 78 valence electrons. The number of hydrogen-bond donors (Lipinski definition) is 2. The van der Waals surface area contributed by atoms with E-state index in [1.807, 2.05) is 24.3 Å². The van der Waals surface area contributed by atoms with Crippen LogP contribution in [0.2, 0.25) is 0 Å². The average molecular weight is 202 g/mol. The van der Waals surface area contributed by atoms with E-state index >= 15 is 0 Å². The van der Waals surface area contributed by atoms with E-state index in [1.165, 1.54) is 11.9 Å². The maximum atomic E-state index is 5.62. The number of anilines is 1. The van der Waals surface area contributed by atoms with Crippen molar-refractivity contribution in [1.82, 2.24) is 15.2 Å². The van der Waals surface area contributed by atoms with Crippen molar-refractivity contribution < 1.29 is 0 Å². The van der Waals surface area contributed by atoms with Gasteiger partial charge >= 0.3 is 0 Å². The molecule has 2 rings (SSSR count). The summed E-state index contributed by atoms with van der Waals surface area (Å²) < 4.78 is 0. The second kappa shape index (κ2) is 4.13. The number of nitrogens with zero attached hydrogens (tertiary/aromatic N) is 2. The minimum absolute atomic E-state index is 0.344. The van der Waals surface area contributed by atoms with Gasteiger partial charge in [0.05, 0.1) is 0 Å². The molecule has 0 radical (unpaired) electrons. The summed E-state index contributed by atoms with van der Waals surface area (Å²) in [5.74, 6) is 1.27. The summed E-state index contributed by atoms with van der Waals surface area (Å²) in [6, 6.07) is 7.93. The number of rotatable bonds is 3. The first-order valence-electron chi connectivity index (χ1n) is 4.95. The Bertz CT molecular complexity index is 405. The molecule has 0 fully saturated rings. The van der Waals surface area contributed by atoms with E-state index < -0.39 is 0 Å². The van der Waals surface area contributed by atoms with Gasteiger partial charge in [0.1, 0.15) is 12.2 Å². The zero-order valence-electron chi connectivity index (χ0n) is 8.64. The lowest BCUT2D eigenvalue weighted by molar-refractivity contribution is 0.702. The summed E-state index contributed by atoms with van der Waals surface area (Å²) >= 11 is 0. The van der Waals surface area contributed by atoms with E-state index in [0.717, 1.165) is 17.9 Å². The van der Waals surface area contributed by atoms with E-state index in [4.69, 9.17) is 5.73 Å². The molecular formula is C11H14N4. The largest absolute Gasteiger partial charge is 0.399 e. The Morgan fingerprint density at radius 1 is 1.33 bits per heavy atom. The van der Waals surface area contributed by atoms with Gasteiger partial charge in [0.2, 0.25) is 0 Å². The van der Waals surface area contributed by atoms with Gasteiger partial charge in [-0.05, 0) is 24.1 Å². The molecule has 3 N–H and O–H groups in total. The van der Waals surface area contributed by atoms with E-state index in [2.05, 4.69) is 22.1 Å². The van der Waals surface area contributed by atoms with E-state index in [9.17, 15) is 0 Å². The van der Waals surface area contributed by atoms with Crippen LogP contribution < -0.4 is 5.73 Å². The molecule has 1 unspecified atom stereocenters. The standard InChI is InChI=1S/C11H14N4/c1-8(11-13-7-14-15-11)6-9-2-4-10(12)5-3-9/h2-5,7-8H,6,12H2,1H3,(H,13,14,15). The Labute approximate surface area is 88.5 Å². The smallest absolute Gasteiger partial charge is 0.137 e. The predicted octanol–water partition coefficient (Wildman–Crippen LogP) is 1.73. The van der Waals surface area contributed by atoms with Crippen LogP contribution in [0.5, 0.6) is 0 Å². The highest BCUT2D eigenvalue weighted by molar-refractivity contribution is 5.39. The topological polar surface area (TPSA) is 67.6 Å². The van der Waals surface area contributed by atoms with Crippen molar-refractivity contribution >= 4 is 5.69 Å². The summed E-state index contributed by atoms with van der Waals surface area (Å²) in [5.41, 5.74) is 7.68. The minimum Gasteiger partial charge on any atom is -0.399 e. The Morgan fingerprint density at radius 3 is 2.67 bits per heavy atom. The van der Waals surface area contributed by atoms with Crippen molar-refractivity contribution in [3.63, 3.8) is 0 Å². The minimum atomic E-state index is 0.344. The number of hydrogen-bond acceptors (Lipinski definition) is 3. The van der Waals surface area contributed by atoms with E-state index in [-0.39, 0.29) is 0 Å². The quantitative estimate of drug-likeness (QED) is 0.745. The molecule has 15 heavy (non-hydrogen) atoms. The van der Waals surface area contributed by atoms with Crippen LogP contribution in [0, 0.1) is 0 Å². The third-order valence-corrected chi connectivity index (χ3v) is 2.42. The Hall–Kier alpha value is -1.84. The predicted molar refractivity (Wildman–Crippen MR) is 59.4 cm³/mol. The highest BCUT2D eigenvalue weighted by Gasteiger charge is 2.08. The van der Waals surface area contributed by atoms with Gasteiger partial charge in [0.15, 0.2) is 0 Å².